The monoisotopic (exact) mass is 343 g/mol. The minimum Gasteiger partial charge on any atom is -0.492 e. The van der Waals surface area contributed by atoms with Gasteiger partial charge in [0.25, 0.3) is 11.6 Å². The van der Waals surface area contributed by atoms with Gasteiger partial charge in [-0.2, -0.15) is 0 Å². The first kappa shape index (κ1) is 16.6. The highest BCUT2D eigenvalue weighted by Gasteiger charge is 2.23. The fourth-order valence-corrected chi connectivity index (χ4v) is 2.47. The number of hydrogen-bond acceptors (Lipinski definition) is 6. The summed E-state index contributed by atoms with van der Waals surface area (Å²) < 4.78 is 10.8. The smallest absolute Gasteiger partial charge is 0.296 e. The van der Waals surface area contributed by atoms with Crippen molar-refractivity contribution in [2.45, 2.75) is 6.92 Å². The van der Waals surface area contributed by atoms with Gasteiger partial charge in [0, 0.05) is 6.54 Å². The maximum Gasteiger partial charge on any atom is 0.296 e. The molecule has 0 atom stereocenters. The Morgan fingerprint density at radius 3 is 2.96 bits per heavy atom. The number of carbonyl (C=O) groups is 1. The molecule has 0 saturated carbocycles. The molecule has 2 aromatic rings. The summed E-state index contributed by atoms with van der Waals surface area (Å²) in [6.45, 7) is 2.52. The lowest BCUT2D eigenvalue weighted by Crippen LogP contribution is -2.25. The molecule has 2 N–H and O–H groups in total. The second-order valence-electron chi connectivity index (χ2n) is 5.55. The molecule has 1 amide bonds. The van der Waals surface area contributed by atoms with Crippen LogP contribution < -0.4 is 20.1 Å². The molecule has 0 aromatic heterocycles. The maximum absolute atomic E-state index is 11.4. The normalized spacial score (nSPS) is 12.6. The fourth-order valence-electron chi connectivity index (χ4n) is 2.47. The highest BCUT2D eigenvalue weighted by molar-refractivity contribution is 5.96. The van der Waals surface area contributed by atoms with Crippen molar-refractivity contribution < 1.29 is 19.2 Å². The molecule has 0 spiro atoms. The van der Waals surface area contributed by atoms with Crippen LogP contribution in [0.2, 0.25) is 0 Å². The molecule has 1 aliphatic heterocycles. The highest BCUT2D eigenvalue weighted by Crippen LogP contribution is 2.37. The second kappa shape index (κ2) is 7.08. The number of nitro groups is 1. The first-order chi connectivity index (χ1) is 12.0. The number of hydrogen-bond donors (Lipinski definition) is 2. The van der Waals surface area contributed by atoms with Gasteiger partial charge in [0.1, 0.15) is 18.0 Å². The summed E-state index contributed by atoms with van der Waals surface area (Å²) in [6, 6.07) is 10.4. The number of benzene rings is 2. The first-order valence-electron chi connectivity index (χ1n) is 7.71. The van der Waals surface area contributed by atoms with Crippen LogP contribution in [0.4, 0.5) is 17.1 Å². The molecule has 0 bridgehead atoms. The lowest BCUT2D eigenvalue weighted by Gasteiger charge is -2.19. The summed E-state index contributed by atoms with van der Waals surface area (Å²) >= 11 is 0. The molecule has 1 heterocycles. The maximum atomic E-state index is 11.4. The molecule has 0 fully saturated rings. The summed E-state index contributed by atoms with van der Waals surface area (Å²) in [6.07, 6.45) is 0. The zero-order valence-corrected chi connectivity index (χ0v) is 13.6. The minimum atomic E-state index is -0.496. The molecule has 8 heteroatoms. The van der Waals surface area contributed by atoms with Gasteiger partial charge in [-0.15, -0.1) is 0 Å². The number of amides is 1. The molecule has 2 aromatic carbocycles. The number of rotatable bonds is 6. The Morgan fingerprint density at radius 1 is 1.36 bits per heavy atom. The summed E-state index contributed by atoms with van der Waals surface area (Å²) in [5.41, 5.74) is 1.67. The van der Waals surface area contributed by atoms with E-state index in [9.17, 15) is 14.9 Å². The number of ether oxygens (including phenoxy) is 2. The van der Waals surface area contributed by atoms with E-state index in [4.69, 9.17) is 9.47 Å². The molecule has 25 heavy (non-hydrogen) atoms. The van der Waals surface area contributed by atoms with E-state index < -0.39 is 4.92 Å². The van der Waals surface area contributed by atoms with Crippen LogP contribution in [0.1, 0.15) is 5.56 Å². The molecule has 0 saturated heterocycles. The van der Waals surface area contributed by atoms with Crippen LogP contribution in [0, 0.1) is 17.0 Å². The molecule has 0 aliphatic carbocycles. The number of nitrogens with zero attached hydrogens (tertiary/aromatic N) is 1. The van der Waals surface area contributed by atoms with Crippen molar-refractivity contribution in [2.24, 2.45) is 0 Å². The van der Waals surface area contributed by atoms with Gasteiger partial charge in [-0.25, -0.2) is 0 Å². The van der Waals surface area contributed by atoms with Crippen molar-refractivity contribution in [1.82, 2.24) is 0 Å². The number of anilines is 2. The third-order valence-electron chi connectivity index (χ3n) is 3.60. The first-order valence-corrected chi connectivity index (χ1v) is 7.71. The lowest BCUT2D eigenvalue weighted by molar-refractivity contribution is -0.384. The van der Waals surface area contributed by atoms with Gasteiger partial charge in [0.05, 0.1) is 16.7 Å². The van der Waals surface area contributed by atoms with E-state index in [0.717, 1.165) is 11.3 Å². The number of aryl methyl sites for hydroxylation is 1. The summed E-state index contributed by atoms with van der Waals surface area (Å²) in [5.74, 6) is 0.727. The standard InChI is InChI=1S/C17H17N3O5/c1-11-3-2-4-12(7-11)24-6-5-18-13-8-14-16(9-15(13)20(22)23)25-10-17(21)19-14/h2-4,7-9,18H,5-6,10H2,1H3,(H,19,21). The minimum absolute atomic E-state index is 0.120. The number of fused-ring (bicyclic) bond motifs is 1. The van der Waals surface area contributed by atoms with Gasteiger partial charge in [-0.1, -0.05) is 12.1 Å². The van der Waals surface area contributed by atoms with Crippen molar-refractivity contribution in [2.75, 3.05) is 30.4 Å². The van der Waals surface area contributed by atoms with Crippen molar-refractivity contribution in [3.8, 4) is 11.5 Å². The largest absolute Gasteiger partial charge is 0.492 e. The molecule has 130 valence electrons. The van der Waals surface area contributed by atoms with Crippen LogP contribution in [0.15, 0.2) is 36.4 Å². The van der Waals surface area contributed by atoms with Crippen LogP contribution in [0.5, 0.6) is 11.5 Å². The molecular formula is C17H17N3O5. The predicted molar refractivity (Wildman–Crippen MR) is 92.4 cm³/mol. The second-order valence-corrected chi connectivity index (χ2v) is 5.55. The summed E-state index contributed by atoms with van der Waals surface area (Å²) in [4.78, 5) is 22.1. The van der Waals surface area contributed by atoms with E-state index in [-0.39, 0.29) is 24.0 Å². The van der Waals surface area contributed by atoms with E-state index in [0.29, 0.717) is 24.5 Å². The summed E-state index contributed by atoms with van der Waals surface area (Å²) in [5, 5.41) is 16.9. The topological polar surface area (TPSA) is 103 Å². The molecule has 3 rings (SSSR count). The van der Waals surface area contributed by atoms with Crippen molar-refractivity contribution in [1.29, 1.82) is 0 Å². The molecule has 1 aliphatic rings. The van der Waals surface area contributed by atoms with Gasteiger partial charge in [-0.05, 0) is 30.7 Å². The van der Waals surface area contributed by atoms with Crippen LogP contribution in [0.3, 0.4) is 0 Å². The molecule has 0 unspecified atom stereocenters. The van der Waals surface area contributed by atoms with Gasteiger partial charge >= 0.3 is 0 Å². The Labute approximate surface area is 143 Å². The third-order valence-corrected chi connectivity index (χ3v) is 3.60. The Bertz CT molecular complexity index is 822. The Morgan fingerprint density at radius 2 is 2.20 bits per heavy atom. The van der Waals surface area contributed by atoms with Gasteiger partial charge in [-0.3, -0.25) is 14.9 Å². The predicted octanol–water partition coefficient (Wildman–Crippen LogP) is 2.73. The van der Waals surface area contributed by atoms with Gasteiger partial charge in [0.15, 0.2) is 12.4 Å². The van der Waals surface area contributed by atoms with E-state index in [1.807, 2.05) is 31.2 Å². The van der Waals surface area contributed by atoms with Crippen LogP contribution in [-0.4, -0.2) is 30.6 Å². The van der Waals surface area contributed by atoms with Crippen molar-refractivity contribution in [3.63, 3.8) is 0 Å². The average Bonchev–Trinajstić information content (AvgIpc) is 2.58. The zero-order valence-electron chi connectivity index (χ0n) is 13.6. The molecular weight excluding hydrogens is 326 g/mol. The van der Waals surface area contributed by atoms with Crippen LogP contribution in [0.25, 0.3) is 0 Å². The van der Waals surface area contributed by atoms with E-state index >= 15 is 0 Å². The van der Waals surface area contributed by atoms with Crippen LogP contribution >= 0.6 is 0 Å². The number of nitro benzene ring substituents is 1. The van der Waals surface area contributed by atoms with Gasteiger partial charge < -0.3 is 20.1 Å². The van der Waals surface area contributed by atoms with Crippen LogP contribution in [-0.2, 0) is 4.79 Å². The van der Waals surface area contributed by atoms with E-state index in [1.54, 1.807) is 0 Å². The number of nitrogens with one attached hydrogen (secondary N) is 2. The highest BCUT2D eigenvalue weighted by atomic mass is 16.6. The summed E-state index contributed by atoms with van der Waals surface area (Å²) in [7, 11) is 0. The molecule has 8 nitrogen and oxygen atoms in total. The van der Waals surface area contributed by atoms with E-state index in [2.05, 4.69) is 10.6 Å². The molecule has 0 radical (unpaired) electrons. The Hall–Kier alpha value is -3.29. The average molecular weight is 343 g/mol. The SMILES string of the molecule is Cc1cccc(OCCNc2cc3c(cc2[N+](=O)[O-])OCC(=O)N3)c1. The number of carbonyl (C=O) groups excluding carboxylic acids is 1. The Balaban J connectivity index is 1.67. The quantitative estimate of drug-likeness (QED) is 0.475. The lowest BCUT2D eigenvalue weighted by atomic mass is 10.2. The Kier molecular flexibility index (Phi) is 4.69. The van der Waals surface area contributed by atoms with E-state index in [1.165, 1.54) is 12.1 Å². The van der Waals surface area contributed by atoms with Crippen molar-refractivity contribution >= 4 is 23.0 Å². The fraction of sp³-hybridized carbons (Fsp3) is 0.235. The third kappa shape index (κ3) is 3.97. The zero-order chi connectivity index (χ0) is 17.8. The van der Waals surface area contributed by atoms with Gasteiger partial charge in [0.2, 0.25) is 0 Å². The van der Waals surface area contributed by atoms with Crippen molar-refractivity contribution in [3.05, 3.63) is 52.1 Å².